The number of benzene rings is 3. The molecule has 0 spiro atoms. The summed E-state index contributed by atoms with van der Waals surface area (Å²) in [6.07, 6.45) is -0.214. The molecular weight excluding hydrogens is 414 g/mol. The fraction of sp³-hybridized carbons (Fsp3) is 0.250. The van der Waals surface area contributed by atoms with E-state index in [2.05, 4.69) is 0 Å². The molecule has 0 aromatic heterocycles. The molecule has 0 bridgehead atoms. The molecule has 0 heterocycles. The third kappa shape index (κ3) is 7.72. The summed E-state index contributed by atoms with van der Waals surface area (Å²) in [5, 5.41) is 0. The molecule has 0 fully saturated rings. The Balaban J connectivity index is 1.93. The van der Waals surface area contributed by atoms with Gasteiger partial charge in [-0.25, -0.2) is 4.79 Å². The van der Waals surface area contributed by atoms with Crippen LogP contribution in [-0.2, 0) is 25.7 Å². The van der Waals surface area contributed by atoms with Gasteiger partial charge in [0.05, 0.1) is 12.1 Å². The van der Waals surface area contributed by atoms with Gasteiger partial charge in [-0.05, 0) is 26.3 Å². The lowest BCUT2D eigenvalue weighted by atomic mass is 10.0. The maximum atomic E-state index is 13.1. The van der Waals surface area contributed by atoms with Crippen LogP contribution in [0, 0.1) is 0 Å². The standard InChI is InChI=1S/C28H29NO4/c1-28(2,3)33-25(30)19-24(27(31)32-20-21-13-7-4-8-14-21)29-26(22-15-9-5-10-16-22)23-17-11-6-12-18-23/h4-18,24H,19-20H2,1-3H3. The van der Waals surface area contributed by atoms with Gasteiger partial charge >= 0.3 is 11.9 Å². The third-order valence-electron chi connectivity index (χ3n) is 4.66. The molecule has 3 rings (SSSR count). The number of esters is 2. The van der Waals surface area contributed by atoms with Gasteiger partial charge in [0.1, 0.15) is 12.2 Å². The minimum Gasteiger partial charge on any atom is -0.460 e. The lowest BCUT2D eigenvalue weighted by Crippen LogP contribution is -2.31. The van der Waals surface area contributed by atoms with Crippen LogP contribution in [0.5, 0.6) is 0 Å². The van der Waals surface area contributed by atoms with Crippen molar-refractivity contribution in [1.29, 1.82) is 0 Å². The van der Waals surface area contributed by atoms with Crippen LogP contribution < -0.4 is 0 Å². The zero-order chi connectivity index (χ0) is 23.7. The number of hydrogen-bond acceptors (Lipinski definition) is 5. The monoisotopic (exact) mass is 443 g/mol. The summed E-state index contributed by atoms with van der Waals surface area (Å²) in [6.45, 7) is 5.47. The first-order chi connectivity index (χ1) is 15.8. The van der Waals surface area contributed by atoms with Gasteiger partial charge in [0.2, 0.25) is 0 Å². The van der Waals surface area contributed by atoms with Crippen LogP contribution in [-0.4, -0.2) is 29.3 Å². The van der Waals surface area contributed by atoms with E-state index in [4.69, 9.17) is 14.5 Å². The third-order valence-corrected chi connectivity index (χ3v) is 4.66. The highest BCUT2D eigenvalue weighted by Crippen LogP contribution is 2.17. The average molecular weight is 444 g/mol. The Morgan fingerprint density at radius 3 is 1.76 bits per heavy atom. The summed E-state index contributed by atoms with van der Waals surface area (Å²) in [7, 11) is 0. The van der Waals surface area contributed by atoms with Crippen molar-refractivity contribution in [2.24, 2.45) is 4.99 Å². The zero-order valence-corrected chi connectivity index (χ0v) is 19.2. The quantitative estimate of drug-likeness (QED) is 0.347. The number of ether oxygens (including phenoxy) is 2. The molecule has 5 heteroatoms. The predicted molar refractivity (Wildman–Crippen MR) is 129 cm³/mol. The topological polar surface area (TPSA) is 65.0 Å². The van der Waals surface area contributed by atoms with Crippen molar-refractivity contribution in [1.82, 2.24) is 0 Å². The minimum atomic E-state index is -1.04. The molecule has 3 aromatic rings. The molecule has 33 heavy (non-hydrogen) atoms. The van der Waals surface area contributed by atoms with Gasteiger partial charge in [-0.3, -0.25) is 9.79 Å². The SMILES string of the molecule is CC(C)(C)OC(=O)CC(N=C(c1ccccc1)c1ccccc1)C(=O)OCc1ccccc1. The van der Waals surface area contributed by atoms with E-state index >= 15 is 0 Å². The molecule has 0 aliphatic carbocycles. The maximum Gasteiger partial charge on any atom is 0.331 e. The second-order valence-corrected chi connectivity index (χ2v) is 8.61. The van der Waals surface area contributed by atoms with Crippen molar-refractivity contribution in [3.8, 4) is 0 Å². The molecule has 1 unspecified atom stereocenters. The highest BCUT2D eigenvalue weighted by molar-refractivity contribution is 6.13. The summed E-state index contributed by atoms with van der Waals surface area (Å²) in [4.78, 5) is 30.4. The van der Waals surface area contributed by atoms with Crippen molar-refractivity contribution in [2.75, 3.05) is 0 Å². The minimum absolute atomic E-state index is 0.103. The van der Waals surface area contributed by atoms with E-state index < -0.39 is 23.6 Å². The second kappa shape index (κ2) is 11.2. The highest BCUT2D eigenvalue weighted by atomic mass is 16.6. The molecule has 0 N–H and O–H groups in total. The van der Waals surface area contributed by atoms with Crippen LogP contribution in [0.3, 0.4) is 0 Å². The van der Waals surface area contributed by atoms with Crippen LogP contribution in [0.2, 0.25) is 0 Å². The zero-order valence-electron chi connectivity index (χ0n) is 19.2. The van der Waals surface area contributed by atoms with Gasteiger partial charge < -0.3 is 9.47 Å². The van der Waals surface area contributed by atoms with Crippen molar-refractivity contribution in [3.63, 3.8) is 0 Å². The Morgan fingerprint density at radius 1 is 0.788 bits per heavy atom. The Labute approximate surface area is 195 Å². The van der Waals surface area contributed by atoms with E-state index in [1.807, 2.05) is 91.0 Å². The average Bonchev–Trinajstić information content (AvgIpc) is 2.81. The molecule has 0 saturated carbocycles. The number of aliphatic imine (C=N–C) groups is 1. The van der Waals surface area contributed by atoms with Gasteiger partial charge in [-0.1, -0.05) is 91.0 Å². The van der Waals surface area contributed by atoms with Crippen LogP contribution in [0.15, 0.2) is 96.0 Å². The first kappa shape index (κ1) is 23.9. The molecule has 0 saturated heterocycles. The molecule has 0 radical (unpaired) electrons. The Bertz CT molecular complexity index is 1030. The van der Waals surface area contributed by atoms with Crippen LogP contribution in [0.25, 0.3) is 0 Å². The fourth-order valence-corrected chi connectivity index (χ4v) is 3.21. The molecule has 5 nitrogen and oxygen atoms in total. The molecular formula is C28H29NO4. The van der Waals surface area contributed by atoms with Crippen molar-refractivity contribution >= 4 is 17.7 Å². The van der Waals surface area contributed by atoms with Gasteiger partial charge in [0, 0.05) is 11.1 Å². The van der Waals surface area contributed by atoms with Crippen LogP contribution in [0.4, 0.5) is 0 Å². The number of nitrogens with zero attached hydrogens (tertiary/aromatic N) is 1. The Hall–Kier alpha value is -3.73. The van der Waals surface area contributed by atoms with E-state index in [-0.39, 0.29) is 13.0 Å². The van der Waals surface area contributed by atoms with E-state index in [1.165, 1.54) is 0 Å². The van der Waals surface area contributed by atoms with E-state index in [1.54, 1.807) is 20.8 Å². The van der Waals surface area contributed by atoms with Gasteiger partial charge in [-0.2, -0.15) is 0 Å². The summed E-state index contributed by atoms with van der Waals surface area (Å²) >= 11 is 0. The largest absolute Gasteiger partial charge is 0.460 e. The molecule has 170 valence electrons. The van der Waals surface area contributed by atoms with Gasteiger partial charge in [-0.15, -0.1) is 0 Å². The first-order valence-corrected chi connectivity index (χ1v) is 10.9. The summed E-state index contributed by atoms with van der Waals surface area (Å²) in [5.74, 6) is -1.08. The summed E-state index contributed by atoms with van der Waals surface area (Å²) in [5.41, 5.74) is 2.49. The number of hydrogen-bond donors (Lipinski definition) is 0. The fourth-order valence-electron chi connectivity index (χ4n) is 3.21. The summed E-state index contributed by atoms with van der Waals surface area (Å²) < 4.78 is 11.0. The van der Waals surface area contributed by atoms with E-state index in [0.29, 0.717) is 5.71 Å². The predicted octanol–water partition coefficient (Wildman–Crippen LogP) is 5.37. The molecule has 3 aromatic carbocycles. The number of carbonyl (C=O) groups excluding carboxylic acids is 2. The first-order valence-electron chi connectivity index (χ1n) is 10.9. The van der Waals surface area contributed by atoms with Gasteiger partial charge in [0.15, 0.2) is 6.04 Å². The lowest BCUT2D eigenvalue weighted by molar-refractivity contribution is -0.159. The van der Waals surface area contributed by atoms with Crippen LogP contribution >= 0.6 is 0 Å². The van der Waals surface area contributed by atoms with Crippen molar-refractivity contribution < 1.29 is 19.1 Å². The van der Waals surface area contributed by atoms with E-state index in [9.17, 15) is 9.59 Å². The smallest absolute Gasteiger partial charge is 0.331 e. The number of rotatable bonds is 8. The molecule has 1 atom stereocenters. The summed E-state index contributed by atoms with van der Waals surface area (Å²) in [6, 6.07) is 27.5. The van der Waals surface area contributed by atoms with E-state index in [0.717, 1.165) is 16.7 Å². The Kier molecular flexibility index (Phi) is 8.14. The molecule has 0 amide bonds. The molecule has 0 aliphatic rings. The van der Waals surface area contributed by atoms with Crippen molar-refractivity contribution in [3.05, 3.63) is 108 Å². The lowest BCUT2D eigenvalue weighted by Gasteiger charge is -2.21. The van der Waals surface area contributed by atoms with Crippen molar-refractivity contribution in [2.45, 2.75) is 45.4 Å². The number of carbonyl (C=O) groups is 2. The normalized spacial score (nSPS) is 11.8. The second-order valence-electron chi connectivity index (χ2n) is 8.61. The maximum absolute atomic E-state index is 13.1. The highest BCUT2D eigenvalue weighted by Gasteiger charge is 2.27. The Morgan fingerprint density at radius 2 is 1.27 bits per heavy atom. The molecule has 0 aliphatic heterocycles. The van der Waals surface area contributed by atoms with Crippen LogP contribution in [0.1, 0.15) is 43.9 Å². The van der Waals surface area contributed by atoms with Gasteiger partial charge in [0.25, 0.3) is 0 Å².